The summed E-state index contributed by atoms with van der Waals surface area (Å²) in [7, 11) is 1.84. The molecule has 45 heavy (non-hydrogen) atoms. The van der Waals surface area contributed by atoms with Crippen molar-refractivity contribution in [2.75, 3.05) is 46.3 Å². The van der Waals surface area contributed by atoms with Crippen LogP contribution in [0.1, 0.15) is 85.0 Å². The van der Waals surface area contributed by atoms with Gasteiger partial charge >= 0.3 is 6.09 Å². The molecule has 9 heteroatoms. The van der Waals surface area contributed by atoms with Gasteiger partial charge in [0.1, 0.15) is 11.4 Å². The number of piperazine rings is 1. The van der Waals surface area contributed by atoms with E-state index in [0.29, 0.717) is 29.8 Å². The number of nitriles is 1. The second-order valence-electron chi connectivity index (χ2n) is 14.5. The maximum atomic E-state index is 13.8. The lowest BCUT2D eigenvalue weighted by molar-refractivity contribution is -0.0148. The highest BCUT2D eigenvalue weighted by Crippen LogP contribution is 2.36. The number of fused-ring (bicyclic) bond motifs is 3. The number of hydrogen-bond donors (Lipinski definition) is 0. The number of likely N-dealkylation sites (N-methyl/N-ethyl adjacent to an activating group) is 1. The van der Waals surface area contributed by atoms with E-state index in [1.165, 1.54) is 12.1 Å². The molecule has 0 spiro atoms. The van der Waals surface area contributed by atoms with Gasteiger partial charge in [0, 0.05) is 69.4 Å². The number of rotatable bonds is 8. The van der Waals surface area contributed by atoms with Gasteiger partial charge in [0.05, 0.1) is 11.6 Å². The summed E-state index contributed by atoms with van der Waals surface area (Å²) in [5.74, 6) is -0.262. The summed E-state index contributed by atoms with van der Waals surface area (Å²) in [4.78, 5) is 35.2. The number of likely N-dealkylation sites (tertiary alicyclic amines) is 3. The zero-order valence-electron chi connectivity index (χ0n) is 27.1. The van der Waals surface area contributed by atoms with Crippen LogP contribution in [0.5, 0.6) is 0 Å². The Hall–Kier alpha value is -3.48. The minimum Gasteiger partial charge on any atom is -0.444 e. The Morgan fingerprint density at radius 1 is 1.04 bits per heavy atom. The van der Waals surface area contributed by atoms with Gasteiger partial charge in [0.2, 0.25) is 0 Å². The molecule has 6 rings (SSSR count). The monoisotopic (exact) mass is 615 g/mol. The van der Waals surface area contributed by atoms with Gasteiger partial charge in [-0.25, -0.2) is 9.18 Å². The van der Waals surface area contributed by atoms with Gasteiger partial charge in [-0.2, -0.15) is 5.26 Å². The second kappa shape index (κ2) is 12.7. The van der Waals surface area contributed by atoms with E-state index in [9.17, 15) is 19.2 Å². The molecule has 2 bridgehead atoms. The molecule has 2 amide bonds. The molecule has 3 fully saturated rings. The zero-order chi connectivity index (χ0) is 31.9. The fourth-order valence-electron chi connectivity index (χ4n) is 7.80. The highest BCUT2D eigenvalue weighted by Gasteiger charge is 2.50. The molecule has 1 aliphatic carbocycles. The Labute approximate surface area is 266 Å². The van der Waals surface area contributed by atoms with E-state index in [4.69, 9.17) is 4.74 Å². The fraction of sp³-hybridized carbons (Fsp3) is 0.583. The number of nitrogens with zero attached hydrogens (tertiary/aromatic N) is 5. The smallest absolute Gasteiger partial charge is 0.410 e. The number of benzene rings is 2. The van der Waals surface area contributed by atoms with Crippen molar-refractivity contribution in [3.05, 3.63) is 70.0 Å². The molecular weight excluding hydrogens is 569 g/mol. The van der Waals surface area contributed by atoms with Crippen molar-refractivity contribution in [3.8, 4) is 6.07 Å². The van der Waals surface area contributed by atoms with E-state index >= 15 is 0 Å². The molecule has 2 aromatic carbocycles. The summed E-state index contributed by atoms with van der Waals surface area (Å²) in [6.45, 7) is 10.8. The summed E-state index contributed by atoms with van der Waals surface area (Å²) in [6, 6.07) is 13.7. The molecule has 3 heterocycles. The van der Waals surface area contributed by atoms with Crippen molar-refractivity contribution in [2.24, 2.45) is 0 Å². The van der Waals surface area contributed by atoms with Crippen LogP contribution in [0.15, 0.2) is 36.4 Å². The lowest BCUT2D eigenvalue weighted by Crippen LogP contribution is -2.63. The largest absolute Gasteiger partial charge is 0.444 e. The van der Waals surface area contributed by atoms with Crippen LogP contribution in [-0.2, 0) is 17.6 Å². The molecule has 2 aromatic rings. The lowest BCUT2D eigenvalue weighted by Gasteiger charge is -2.48. The molecule has 3 aliphatic heterocycles. The molecule has 4 aliphatic rings. The van der Waals surface area contributed by atoms with E-state index in [1.807, 2.05) is 50.9 Å². The summed E-state index contributed by atoms with van der Waals surface area (Å²) in [5, 5.41) is 9.61. The summed E-state index contributed by atoms with van der Waals surface area (Å²) < 4.78 is 19.5. The van der Waals surface area contributed by atoms with Gasteiger partial charge in [-0.1, -0.05) is 12.1 Å². The number of carbonyl (C=O) groups excluding carboxylic acids is 2. The van der Waals surface area contributed by atoms with Crippen LogP contribution in [0, 0.1) is 17.1 Å². The Morgan fingerprint density at radius 2 is 1.78 bits per heavy atom. The summed E-state index contributed by atoms with van der Waals surface area (Å²) >= 11 is 0. The van der Waals surface area contributed by atoms with Crippen molar-refractivity contribution in [3.63, 3.8) is 0 Å². The number of amides is 2. The van der Waals surface area contributed by atoms with Gasteiger partial charge in [0.25, 0.3) is 5.91 Å². The first-order chi connectivity index (χ1) is 21.5. The van der Waals surface area contributed by atoms with E-state index in [0.717, 1.165) is 87.9 Å². The number of carbonyl (C=O) groups is 2. The number of hydrogen-bond acceptors (Lipinski definition) is 6. The second-order valence-corrected chi connectivity index (χ2v) is 14.5. The standard InChI is InChI=1S/C36H46FN5O3/c1-36(2,3)45-35(44)42-23-29-17-30(42)22-41(29)31-20-40(21-31)14-13-27(25-9-11-28(37)12-10-25)19-39(4)34(43)33-16-24(18-38)15-26-7-5-6-8-32(26)33/h9-12,15-16,27,29-31H,5-8,13-14,17,19-23H2,1-4H3/t27-,29+,30+/m1/s1. The van der Waals surface area contributed by atoms with Crippen LogP contribution in [0.25, 0.3) is 0 Å². The van der Waals surface area contributed by atoms with Crippen molar-refractivity contribution in [2.45, 2.75) is 88.9 Å². The average Bonchev–Trinajstić information content (AvgIpc) is 3.60. The summed E-state index contributed by atoms with van der Waals surface area (Å²) in [5.41, 5.74) is 3.96. The third-order valence-corrected chi connectivity index (χ3v) is 10.1. The Balaban J connectivity index is 1.06. The average molecular weight is 616 g/mol. The van der Waals surface area contributed by atoms with Crippen molar-refractivity contribution >= 4 is 12.0 Å². The Kier molecular flexibility index (Phi) is 8.91. The van der Waals surface area contributed by atoms with Crippen LogP contribution in [0.4, 0.5) is 9.18 Å². The zero-order valence-corrected chi connectivity index (χ0v) is 27.1. The first kappa shape index (κ1) is 31.5. The van der Waals surface area contributed by atoms with E-state index in [1.54, 1.807) is 11.0 Å². The number of halogens is 1. The molecule has 8 nitrogen and oxygen atoms in total. The minimum absolute atomic E-state index is 0.0501. The first-order valence-corrected chi connectivity index (χ1v) is 16.5. The number of aryl methyl sites for hydroxylation is 1. The maximum absolute atomic E-state index is 13.8. The highest BCUT2D eigenvalue weighted by molar-refractivity contribution is 5.96. The third kappa shape index (κ3) is 6.87. The molecule has 240 valence electrons. The van der Waals surface area contributed by atoms with Gasteiger partial charge in [-0.15, -0.1) is 0 Å². The van der Waals surface area contributed by atoms with Crippen LogP contribution >= 0.6 is 0 Å². The molecule has 0 radical (unpaired) electrons. The van der Waals surface area contributed by atoms with Crippen LogP contribution in [0.2, 0.25) is 0 Å². The lowest BCUT2D eigenvalue weighted by atomic mass is 9.86. The predicted octanol–water partition coefficient (Wildman–Crippen LogP) is 5.20. The highest BCUT2D eigenvalue weighted by atomic mass is 19.1. The quantitative estimate of drug-likeness (QED) is 0.406. The molecule has 3 saturated heterocycles. The molecule has 0 aromatic heterocycles. The van der Waals surface area contributed by atoms with Crippen LogP contribution in [0.3, 0.4) is 0 Å². The minimum atomic E-state index is -0.483. The van der Waals surface area contributed by atoms with E-state index in [2.05, 4.69) is 15.9 Å². The van der Waals surface area contributed by atoms with Crippen LogP contribution in [-0.4, -0.2) is 102 Å². The van der Waals surface area contributed by atoms with Gasteiger partial charge in [0.15, 0.2) is 0 Å². The first-order valence-electron chi connectivity index (χ1n) is 16.5. The van der Waals surface area contributed by atoms with Crippen LogP contribution < -0.4 is 0 Å². The van der Waals surface area contributed by atoms with Crippen molar-refractivity contribution in [1.29, 1.82) is 5.26 Å². The topological polar surface area (TPSA) is 80.1 Å². The predicted molar refractivity (Wildman–Crippen MR) is 171 cm³/mol. The number of ether oxygens (including phenoxy) is 1. The molecular formula is C36H46FN5O3. The van der Waals surface area contributed by atoms with E-state index in [-0.39, 0.29) is 29.8 Å². The van der Waals surface area contributed by atoms with Crippen molar-refractivity contribution in [1.82, 2.24) is 19.6 Å². The Bertz CT molecular complexity index is 1460. The van der Waals surface area contributed by atoms with Gasteiger partial charge in [-0.05, 0) is 107 Å². The molecule has 0 saturated carbocycles. The molecule has 3 atom stereocenters. The SMILES string of the molecule is CN(C[C@@H](CCN1CC(N2C[C@@H]3C[C@H]2CN3C(=O)OC(C)(C)C)C1)c1ccc(F)cc1)C(=O)c1cc(C#N)cc2c1CCCC2. The normalized spacial score (nSPS) is 22.4. The maximum Gasteiger partial charge on any atom is 0.410 e. The Morgan fingerprint density at radius 3 is 2.44 bits per heavy atom. The van der Waals surface area contributed by atoms with E-state index < -0.39 is 5.60 Å². The molecule has 0 N–H and O–H groups in total. The fourth-order valence-corrected chi connectivity index (χ4v) is 7.80. The van der Waals surface area contributed by atoms with Gasteiger partial charge in [-0.3, -0.25) is 9.69 Å². The van der Waals surface area contributed by atoms with Gasteiger partial charge < -0.3 is 19.4 Å². The third-order valence-electron chi connectivity index (χ3n) is 10.1. The molecule has 0 unspecified atom stereocenters. The van der Waals surface area contributed by atoms with Crippen molar-refractivity contribution < 1.29 is 18.7 Å². The summed E-state index contributed by atoms with van der Waals surface area (Å²) in [6.07, 6.45) is 5.58.